The zero-order chi connectivity index (χ0) is 9.80. The Bertz CT molecular complexity index is 423. The van der Waals surface area contributed by atoms with Crippen molar-refractivity contribution in [2.45, 2.75) is 10.1 Å². The molecule has 0 amide bonds. The molecule has 2 heterocycles. The first kappa shape index (κ1) is 9.36. The normalized spacial score (nSPS) is 10.1. The van der Waals surface area contributed by atoms with Gasteiger partial charge in [-0.3, -0.25) is 4.98 Å². The largest absolute Gasteiger partial charge is 0.260 e. The lowest BCUT2D eigenvalue weighted by Crippen LogP contribution is -1.85. The number of nitrogens with zero attached hydrogens (tertiary/aromatic N) is 4. The van der Waals surface area contributed by atoms with Gasteiger partial charge in [-0.15, -0.1) is 0 Å². The molecule has 0 aromatic carbocycles. The maximum Gasteiger partial charge on any atom is 0.223 e. The second-order valence-corrected chi connectivity index (χ2v) is 3.69. The monoisotopic (exact) mass is 224 g/mol. The molecule has 0 saturated heterocycles. The first-order valence-corrected chi connectivity index (χ1v) is 4.96. The first-order chi connectivity index (χ1) is 6.84. The molecule has 4 nitrogen and oxygen atoms in total. The summed E-state index contributed by atoms with van der Waals surface area (Å²) in [5.74, 6) is 0. The SMILES string of the molecule is Clc1nccc(Sc2cnccn2)n1. The quantitative estimate of drug-likeness (QED) is 0.578. The van der Waals surface area contributed by atoms with Crippen molar-refractivity contribution >= 4 is 23.4 Å². The third-order valence-corrected chi connectivity index (χ3v) is 2.39. The Balaban J connectivity index is 2.19. The van der Waals surface area contributed by atoms with Gasteiger partial charge >= 0.3 is 0 Å². The first-order valence-electron chi connectivity index (χ1n) is 3.77. The second kappa shape index (κ2) is 4.34. The van der Waals surface area contributed by atoms with Crippen LogP contribution in [0.1, 0.15) is 0 Å². The molecule has 0 aliphatic heterocycles. The zero-order valence-electron chi connectivity index (χ0n) is 6.96. The summed E-state index contributed by atoms with van der Waals surface area (Å²) in [6.07, 6.45) is 6.52. The summed E-state index contributed by atoms with van der Waals surface area (Å²) >= 11 is 7.03. The van der Waals surface area contributed by atoms with Crippen molar-refractivity contribution in [3.8, 4) is 0 Å². The molecule has 70 valence electrons. The van der Waals surface area contributed by atoms with Gasteiger partial charge in [-0.2, -0.15) is 0 Å². The summed E-state index contributed by atoms with van der Waals surface area (Å²) in [7, 11) is 0. The van der Waals surface area contributed by atoms with Crippen molar-refractivity contribution in [2.75, 3.05) is 0 Å². The van der Waals surface area contributed by atoms with E-state index in [-0.39, 0.29) is 5.28 Å². The maximum atomic E-state index is 5.64. The van der Waals surface area contributed by atoms with E-state index in [2.05, 4.69) is 19.9 Å². The molecule has 0 radical (unpaired) electrons. The lowest BCUT2D eigenvalue weighted by atomic mass is 10.7. The predicted octanol–water partition coefficient (Wildman–Crippen LogP) is 2.07. The lowest BCUT2D eigenvalue weighted by Gasteiger charge is -1.97. The topological polar surface area (TPSA) is 51.6 Å². The van der Waals surface area contributed by atoms with E-state index in [1.54, 1.807) is 30.9 Å². The molecule has 2 aromatic rings. The Morgan fingerprint density at radius 1 is 1.07 bits per heavy atom. The van der Waals surface area contributed by atoms with Gasteiger partial charge in [0.25, 0.3) is 0 Å². The van der Waals surface area contributed by atoms with Crippen molar-refractivity contribution in [3.05, 3.63) is 36.1 Å². The summed E-state index contributed by atoms with van der Waals surface area (Å²) < 4.78 is 0. The molecule has 14 heavy (non-hydrogen) atoms. The molecule has 0 aliphatic rings. The van der Waals surface area contributed by atoms with Gasteiger partial charge < -0.3 is 0 Å². The Morgan fingerprint density at radius 3 is 2.71 bits per heavy atom. The van der Waals surface area contributed by atoms with Crippen LogP contribution in [0.2, 0.25) is 5.28 Å². The molecule has 2 rings (SSSR count). The van der Waals surface area contributed by atoms with E-state index in [9.17, 15) is 0 Å². The molecule has 6 heteroatoms. The van der Waals surface area contributed by atoms with E-state index in [0.717, 1.165) is 10.1 Å². The van der Waals surface area contributed by atoms with Crippen LogP contribution >= 0.6 is 23.4 Å². The molecule has 0 aliphatic carbocycles. The van der Waals surface area contributed by atoms with Crippen LogP contribution < -0.4 is 0 Å². The van der Waals surface area contributed by atoms with Gasteiger partial charge in [0.1, 0.15) is 10.1 Å². The summed E-state index contributed by atoms with van der Waals surface area (Å²) in [6, 6.07) is 1.77. The fraction of sp³-hybridized carbons (Fsp3) is 0. The molecule has 0 bridgehead atoms. The van der Waals surface area contributed by atoms with Crippen LogP contribution in [0.25, 0.3) is 0 Å². The van der Waals surface area contributed by atoms with E-state index in [1.165, 1.54) is 11.8 Å². The van der Waals surface area contributed by atoms with Gasteiger partial charge in [0.05, 0.1) is 6.20 Å². The van der Waals surface area contributed by atoms with Crippen LogP contribution in [0.5, 0.6) is 0 Å². The van der Waals surface area contributed by atoms with Crippen LogP contribution in [0, 0.1) is 0 Å². The Kier molecular flexibility index (Phi) is 2.90. The van der Waals surface area contributed by atoms with Gasteiger partial charge in [-0.1, -0.05) is 0 Å². The molecular weight excluding hydrogens is 220 g/mol. The van der Waals surface area contributed by atoms with E-state index in [4.69, 9.17) is 11.6 Å². The third kappa shape index (κ3) is 2.40. The Labute approximate surface area is 89.8 Å². The maximum absolute atomic E-state index is 5.64. The number of aromatic nitrogens is 4. The minimum atomic E-state index is 0.235. The highest BCUT2D eigenvalue weighted by Gasteiger charge is 2.00. The number of hydrogen-bond acceptors (Lipinski definition) is 5. The molecule has 0 fully saturated rings. The molecule has 0 N–H and O–H groups in total. The molecule has 0 saturated carbocycles. The molecule has 2 aromatic heterocycles. The minimum absolute atomic E-state index is 0.235. The molecule has 0 unspecified atom stereocenters. The number of rotatable bonds is 2. The second-order valence-electron chi connectivity index (χ2n) is 2.31. The van der Waals surface area contributed by atoms with E-state index >= 15 is 0 Å². The minimum Gasteiger partial charge on any atom is -0.260 e. The van der Waals surface area contributed by atoms with Crippen molar-refractivity contribution in [3.63, 3.8) is 0 Å². The van der Waals surface area contributed by atoms with Crippen LogP contribution in [-0.4, -0.2) is 19.9 Å². The summed E-state index contributed by atoms with van der Waals surface area (Å²) in [5, 5.41) is 1.77. The highest BCUT2D eigenvalue weighted by atomic mass is 35.5. The number of halogens is 1. The highest BCUT2D eigenvalue weighted by molar-refractivity contribution is 7.99. The smallest absolute Gasteiger partial charge is 0.223 e. The predicted molar refractivity (Wildman–Crippen MR) is 53.2 cm³/mol. The standard InChI is InChI=1S/C8H5ClN4S/c9-8-12-2-1-6(13-8)14-7-5-10-3-4-11-7/h1-5H. The van der Waals surface area contributed by atoms with Crippen molar-refractivity contribution in [1.29, 1.82) is 0 Å². The van der Waals surface area contributed by atoms with Crippen LogP contribution in [-0.2, 0) is 0 Å². The van der Waals surface area contributed by atoms with Crippen LogP contribution in [0.15, 0.2) is 40.9 Å². The highest BCUT2D eigenvalue weighted by Crippen LogP contribution is 2.22. The number of hydrogen-bond donors (Lipinski definition) is 0. The van der Waals surface area contributed by atoms with Gasteiger partial charge in [0, 0.05) is 18.6 Å². The van der Waals surface area contributed by atoms with Gasteiger partial charge in [-0.25, -0.2) is 15.0 Å². The third-order valence-electron chi connectivity index (χ3n) is 1.35. The fourth-order valence-electron chi connectivity index (χ4n) is 0.822. The van der Waals surface area contributed by atoms with Crippen molar-refractivity contribution in [2.24, 2.45) is 0 Å². The molecule has 0 atom stereocenters. The van der Waals surface area contributed by atoms with E-state index < -0.39 is 0 Å². The van der Waals surface area contributed by atoms with Crippen molar-refractivity contribution < 1.29 is 0 Å². The summed E-state index contributed by atoms with van der Waals surface area (Å²) in [4.78, 5) is 15.8. The molecule has 0 spiro atoms. The zero-order valence-corrected chi connectivity index (χ0v) is 8.53. The Hall–Kier alpha value is -1.20. The average molecular weight is 225 g/mol. The van der Waals surface area contributed by atoms with Crippen molar-refractivity contribution in [1.82, 2.24) is 19.9 Å². The van der Waals surface area contributed by atoms with Crippen LogP contribution in [0.3, 0.4) is 0 Å². The average Bonchev–Trinajstić information content (AvgIpc) is 2.19. The molecular formula is C8H5ClN4S. The lowest BCUT2D eigenvalue weighted by molar-refractivity contribution is 1.02. The Morgan fingerprint density at radius 2 is 2.00 bits per heavy atom. The van der Waals surface area contributed by atoms with Gasteiger partial charge in [0.15, 0.2) is 0 Å². The van der Waals surface area contributed by atoms with Gasteiger partial charge in [-0.05, 0) is 29.4 Å². The fourth-order valence-corrected chi connectivity index (χ4v) is 1.72. The van der Waals surface area contributed by atoms with Crippen LogP contribution in [0.4, 0.5) is 0 Å². The van der Waals surface area contributed by atoms with Gasteiger partial charge in [0.2, 0.25) is 5.28 Å². The summed E-state index contributed by atoms with van der Waals surface area (Å²) in [6.45, 7) is 0. The summed E-state index contributed by atoms with van der Waals surface area (Å²) in [5.41, 5.74) is 0. The van der Waals surface area contributed by atoms with E-state index in [1.807, 2.05) is 0 Å². The van der Waals surface area contributed by atoms with E-state index in [0.29, 0.717) is 0 Å².